The maximum Gasteiger partial charge on any atom is 0.301 e. The second kappa shape index (κ2) is 6.02. The lowest BCUT2D eigenvalue weighted by Gasteiger charge is -2.08. The number of nitrogens with zero attached hydrogens (tertiary/aromatic N) is 2. The summed E-state index contributed by atoms with van der Waals surface area (Å²) in [5.41, 5.74) is 0.783. The molecule has 8 nitrogen and oxygen atoms in total. The number of primary sulfonamides is 1. The van der Waals surface area contributed by atoms with Crippen molar-refractivity contribution in [3.8, 4) is 0 Å². The molecule has 0 aliphatic rings. The van der Waals surface area contributed by atoms with Crippen LogP contribution in [0.5, 0.6) is 0 Å². The van der Waals surface area contributed by atoms with Gasteiger partial charge in [-0.3, -0.25) is 15.1 Å². The Hall–Kier alpha value is -2.26. The fourth-order valence-electron chi connectivity index (χ4n) is 1.97. The average Bonchev–Trinajstić information content (AvgIpc) is 2.41. The maximum atomic E-state index is 11.2. The molecule has 21 heavy (non-hydrogen) atoms. The van der Waals surface area contributed by atoms with Crippen LogP contribution in [-0.2, 0) is 10.0 Å². The van der Waals surface area contributed by atoms with Crippen LogP contribution in [0.4, 0.5) is 11.4 Å². The number of aromatic nitrogens is 1. The molecular weight excluding hydrogens is 296 g/mol. The molecule has 9 heteroatoms. The molecule has 1 aromatic carbocycles. The van der Waals surface area contributed by atoms with Crippen LogP contribution in [0.2, 0.25) is 0 Å². The standard InChI is InChI=1S/C12H14N4O4S/c13-21(19,20)8-2-7-15-11-5-4-10-9(3-1-6-14-10)12(11)16(17)18/h1,3-6,15H,2,7-8H2,(H2,13,19,20). The number of nitro benzene ring substituents is 1. The van der Waals surface area contributed by atoms with Gasteiger partial charge in [0.05, 0.1) is 21.6 Å². The lowest BCUT2D eigenvalue weighted by Crippen LogP contribution is -2.18. The van der Waals surface area contributed by atoms with E-state index >= 15 is 0 Å². The Morgan fingerprint density at radius 3 is 2.76 bits per heavy atom. The SMILES string of the molecule is NS(=O)(=O)CCCNc1ccc2ncccc2c1[N+](=O)[O-]. The molecule has 0 radical (unpaired) electrons. The zero-order chi connectivity index (χ0) is 15.5. The second-order valence-corrected chi connectivity index (χ2v) is 6.17. The van der Waals surface area contributed by atoms with E-state index in [1.165, 1.54) is 0 Å². The van der Waals surface area contributed by atoms with Crippen molar-refractivity contribution in [2.45, 2.75) is 6.42 Å². The first-order valence-corrected chi connectivity index (χ1v) is 7.86. The van der Waals surface area contributed by atoms with E-state index in [9.17, 15) is 18.5 Å². The van der Waals surface area contributed by atoms with Crippen molar-refractivity contribution in [2.24, 2.45) is 5.14 Å². The quantitative estimate of drug-likeness (QED) is 0.469. The number of benzene rings is 1. The Kier molecular flexibility index (Phi) is 4.34. The first-order valence-electron chi connectivity index (χ1n) is 6.15. The maximum absolute atomic E-state index is 11.2. The highest BCUT2D eigenvalue weighted by Crippen LogP contribution is 2.32. The van der Waals surface area contributed by atoms with E-state index in [0.717, 1.165) is 0 Å². The molecule has 1 aromatic heterocycles. The van der Waals surface area contributed by atoms with Gasteiger partial charge in [0.25, 0.3) is 0 Å². The summed E-state index contributed by atoms with van der Waals surface area (Å²) in [5.74, 6) is -0.178. The van der Waals surface area contributed by atoms with Crippen LogP contribution in [0.15, 0.2) is 30.5 Å². The smallest absolute Gasteiger partial charge is 0.301 e. The Morgan fingerprint density at radius 1 is 1.33 bits per heavy atom. The van der Waals surface area contributed by atoms with Crippen molar-refractivity contribution in [3.05, 3.63) is 40.6 Å². The molecule has 112 valence electrons. The van der Waals surface area contributed by atoms with E-state index in [1.807, 2.05) is 0 Å². The molecule has 0 unspecified atom stereocenters. The Bertz CT molecular complexity index is 776. The van der Waals surface area contributed by atoms with Gasteiger partial charge in [0.1, 0.15) is 5.69 Å². The number of hydrogen-bond acceptors (Lipinski definition) is 6. The fraction of sp³-hybridized carbons (Fsp3) is 0.250. The Labute approximate surface area is 121 Å². The molecule has 0 amide bonds. The van der Waals surface area contributed by atoms with Gasteiger partial charge in [0.2, 0.25) is 10.0 Å². The number of sulfonamides is 1. The van der Waals surface area contributed by atoms with Crippen molar-refractivity contribution in [1.82, 2.24) is 4.98 Å². The van der Waals surface area contributed by atoms with Gasteiger partial charge in [-0.25, -0.2) is 13.6 Å². The third-order valence-electron chi connectivity index (χ3n) is 2.86. The molecule has 0 bridgehead atoms. The summed E-state index contributed by atoms with van der Waals surface area (Å²) in [7, 11) is -3.52. The first-order chi connectivity index (χ1) is 9.88. The number of nitrogens with one attached hydrogen (secondary N) is 1. The summed E-state index contributed by atoms with van der Waals surface area (Å²) in [4.78, 5) is 14.8. The minimum atomic E-state index is -3.52. The number of rotatable bonds is 6. The largest absolute Gasteiger partial charge is 0.379 e. The number of pyridine rings is 1. The third kappa shape index (κ3) is 3.86. The predicted octanol–water partition coefficient (Wildman–Crippen LogP) is 1.23. The topological polar surface area (TPSA) is 128 Å². The van der Waals surface area contributed by atoms with E-state index < -0.39 is 14.9 Å². The van der Waals surface area contributed by atoms with Gasteiger partial charge in [-0.1, -0.05) is 0 Å². The van der Waals surface area contributed by atoms with Gasteiger partial charge in [-0.2, -0.15) is 0 Å². The van der Waals surface area contributed by atoms with Crippen molar-refractivity contribution in [2.75, 3.05) is 17.6 Å². The number of hydrogen-bond donors (Lipinski definition) is 2. The van der Waals surface area contributed by atoms with Gasteiger partial charge in [0, 0.05) is 12.7 Å². The normalized spacial score (nSPS) is 11.5. The van der Waals surface area contributed by atoms with Crippen LogP contribution in [0.25, 0.3) is 10.9 Å². The summed E-state index contributed by atoms with van der Waals surface area (Å²) in [6.45, 7) is 0.267. The predicted molar refractivity (Wildman–Crippen MR) is 79.5 cm³/mol. The molecule has 3 N–H and O–H groups in total. The van der Waals surface area contributed by atoms with E-state index in [4.69, 9.17) is 5.14 Å². The van der Waals surface area contributed by atoms with Crippen LogP contribution in [0.3, 0.4) is 0 Å². The molecule has 2 aromatic rings. The van der Waals surface area contributed by atoms with E-state index in [1.54, 1.807) is 30.5 Å². The van der Waals surface area contributed by atoms with Gasteiger partial charge >= 0.3 is 5.69 Å². The third-order valence-corrected chi connectivity index (χ3v) is 3.72. The molecule has 0 aliphatic heterocycles. The number of fused-ring (bicyclic) bond motifs is 1. The molecule has 0 atom stereocenters. The van der Waals surface area contributed by atoms with E-state index in [0.29, 0.717) is 16.6 Å². The van der Waals surface area contributed by atoms with Crippen molar-refractivity contribution >= 4 is 32.3 Å². The molecule has 1 heterocycles. The van der Waals surface area contributed by atoms with Crippen LogP contribution < -0.4 is 10.5 Å². The van der Waals surface area contributed by atoms with Crippen molar-refractivity contribution < 1.29 is 13.3 Å². The fourth-order valence-corrected chi connectivity index (χ4v) is 2.52. The number of anilines is 1. The molecule has 0 fully saturated rings. The monoisotopic (exact) mass is 310 g/mol. The van der Waals surface area contributed by atoms with E-state index in [2.05, 4.69) is 10.3 Å². The Morgan fingerprint density at radius 2 is 2.10 bits per heavy atom. The molecule has 0 spiro atoms. The lowest BCUT2D eigenvalue weighted by molar-refractivity contribution is -0.382. The number of nitrogens with two attached hydrogens (primary N) is 1. The molecular formula is C12H14N4O4S. The van der Waals surface area contributed by atoms with Crippen molar-refractivity contribution in [3.63, 3.8) is 0 Å². The second-order valence-electron chi connectivity index (χ2n) is 4.44. The highest BCUT2D eigenvalue weighted by molar-refractivity contribution is 7.89. The summed E-state index contributed by atoms with van der Waals surface area (Å²) in [5, 5.41) is 19.4. The molecule has 0 aliphatic carbocycles. The van der Waals surface area contributed by atoms with Gasteiger partial charge < -0.3 is 5.32 Å². The van der Waals surface area contributed by atoms with Gasteiger partial charge in [0.15, 0.2) is 0 Å². The highest BCUT2D eigenvalue weighted by Gasteiger charge is 2.18. The van der Waals surface area contributed by atoms with Crippen LogP contribution in [-0.4, -0.2) is 30.6 Å². The summed E-state index contributed by atoms with van der Waals surface area (Å²) in [6.07, 6.45) is 1.83. The summed E-state index contributed by atoms with van der Waals surface area (Å²) in [6, 6.07) is 6.48. The zero-order valence-corrected chi connectivity index (χ0v) is 11.8. The lowest BCUT2D eigenvalue weighted by atomic mass is 10.1. The minimum absolute atomic E-state index is 0.0730. The molecule has 0 saturated carbocycles. The van der Waals surface area contributed by atoms with Crippen LogP contribution >= 0.6 is 0 Å². The van der Waals surface area contributed by atoms with Crippen LogP contribution in [0.1, 0.15) is 6.42 Å². The summed E-state index contributed by atoms with van der Waals surface area (Å²) < 4.78 is 21.7. The van der Waals surface area contributed by atoms with Crippen molar-refractivity contribution in [1.29, 1.82) is 0 Å². The van der Waals surface area contributed by atoms with E-state index in [-0.39, 0.29) is 24.4 Å². The minimum Gasteiger partial charge on any atom is -0.379 e. The van der Waals surface area contributed by atoms with Gasteiger partial charge in [-0.05, 0) is 30.7 Å². The van der Waals surface area contributed by atoms with Gasteiger partial charge in [-0.15, -0.1) is 0 Å². The molecule has 0 saturated heterocycles. The molecule has 2 rings (SSSR count). The highest BCUT2D eigenvalue weighted by atomic mass is 32.2. The average molecular weight is 310 g/mol. The Balaban J connectivity index is 2.23. The number of nitro groups is 1. The zero-order valence-electron chi connectivity index (χ0n) is 11.0. The first kappa shape index (κ1) is 15.1. The summed E-state index contributed by atoms with van der Waals surface area (Å²) >= 11 is 0. The van der Waals surface area contributed by atoms with Crippen LogP contribution in [0, 0.1) is 10.1 Å².